The Morgan fingerprint density at radius 1 is 1.44 bits per heavy atom. The fourth-order valence-corrected chi connectivity index (χ4v) is 2.23. The third-order valence-electron chi connectivity index (χ3n) is 3.33. The Balaban J connectivity index is 2.32. The molecule has 1 unspecified atom stereocenters. The minimum Gasteiger partial charge on any atom is -0.492 e. The maximum atomic E-state index is 5.69. The molecule has 2 nitrogen and oxygen atoms in total. The molecule has 0 bridgehead atoms. The maximum absolute atomic E-state index is 5.69. The van der Waals surface area contributed by atoms with Crippen molar-refractivity contribution in [2.45, 2.75) is 39.2 Å². The van der Waals surface area contributed by atoms with E-state index in [1.54, 1.807) is 0 Å². The molecular weight excluding hydrogens is 198 g/mol. The Labute approximate surface area is 98.0 Å². The summed E-state index contributed by atoms with van der Waals surface area (Å²) in [5.74, 6) is 1.05. The van der Waals surface area contributed by atoms with Crippen molar-refractivity contribution >= 4 is 0 Å². The van der Waals surface area contributed by atoms with Gasteiger partial charge < -0.3 is 10.1 Å². The van der Waals surface area contributed by atoms with Crippen molar-refractivity contribution in [2.24, 2.45) is 0 Å². The lowest BCUT2D eigenvalue weighted by atomic mass is 9.85. The van der Waals surface area contributed by atoms with Crippen LogP contribution in [0.15, 0.2) is 18.2 Å². The summed E-state index contributed by atoms with van der Waals surface area (Å²) in [7, 11) is 0. The fraction of sp³-hybridized carbons (Fsp3) is 0.571. The zero-order valence-electron chi connectivity index (χ0n) is 10.6. The van der Waals surface area contributed by atoms with E-state index >= 15 is 0 Å². The molecule has 0 spiro atoms. The molecule has 0 fully saturated rings. The van der Waals surface area contributed by atoms with Crippen molar-refractivity contribution in [1.29, 1.82) is 0 Å². The Bertz CT molecular complexity index is 384. The smallest absolute Gasteiger partial charge is 0.123 e. The molecule has 0 saturated heterocycles. The summed E-state index contributed by atoms with van der Waals surface area (Å²) in [6, 6.07) is 6.96. The lowest BCUT2D eigenvalue weighted by Gasteiger charge is -2.18. The van der Waals surface area contributed by atoms with Gasteiger partial charge in [0.1, 0.15) is 5.75 Å². The van der Waals surface area contributed by atoms with E-state index in [-0.39, 0.29) is 5.41 Å². The Morgan fingerprint density at radius 3 is 2.88 bits per heavy atom. The summed E-state index contributed by atoms with van der Waals surface area (Å²) in [6.07, 6.45) is 0. The summed E-state index contributed by atoms with van der Waals surface area (Å²) >= 11 is 0. The number of benzene rings is 1. The average molecular weight is 219 g/mol. The molecule has 16 heavy (non-hydrogen) atoms. The van der Waals surface area contributed by atoms with Gasteiger partial charge in [-0.25, -0.2) is 0 Å². The average Bonchev–Trinajstić information content (AvgIpc) is 2.55. The second-order valence-electron chi connectivity index (χ2n) is 5.21. The van der Waals surface area contributed by atoms with E-state index in [0.29, 0.717) is 6.04 Å². The Morgan fingerprint density at radius 2 is 2.19 bits per heavy atom. The van der Waals surface area contributed by atoms with Crippen LogP contribution in [0.1, 0.15) is 44.9 Å². The number of nitrogens with one attached hydrogen (secondary N) is 1. The van der Waals surface area contributed by atoms with Crippen molar-refractivity contribution in [3.8, 4) is 5.75 Å². The van der Waals surface area contributed by atoms with Gasteiger partial charge in [0, 0.05) is 17.0 Å². The van der Waals surface area contributed by atoms with Gasteiger partial charge in [0.05, 0.1) is 6.61 Å². The van der Waals surface area contributed by atoms with Crippen LogP contribution in [-0.2, 0) is 5.41 Å². The number of rotatable bonds is 3. The predicted molar refractivity (Wildman–Crippen MR) is 67.1 cm³/mol. The lowest BCUT2D eigenvalue weighted by molar-refractivity contribution is 0.291. The van der Waals surface area contributed by atoms with Gasteiger partial charge >= 0.3 is 0 Å². The number of hydrogen-bond donors (Lipinski definition) is 1. The molecule has 1 aromatic carbocycles. The first-order valence-electron chi connectivity index (χ1n) is 6.05. The first-order chi connectivity index (χ1) is 7.54. The van der Waals surface area contributed by atoms with Crippen LogP contribution in [0.3, 0.4) is 0 Å². The zero-order chi connectivity index (χ0) is 11.8. The standard InChI is InChI=1S/C14H21NO/c1-5-15-10(2)11-6-7-13-12(8-11)14(3,4)9-16-13/h6-8,10,15H,5,9H2,1-4H3. The van der Waals surface area contributed by atoms with Crippen LogP contribution in [0.25, 0.3) is 0 Å². The topological polar surface area (TPSA) is 21.3 Å². The van der Waals surface area contributed by atoms with E-state index in [4.69, 9.17) is 4.74 Å². The van der Waals surface area contributed by atoms with Gasteiger partial charge in [0.25, 0.3) is 0 Å². The van der Waals surface area contributed by atoms with E-state index in [9.17, 15) is 0 Å². The third kappa shape index (κ3) is 1.94. The highest BCUT2D eigenvalue weighted by Crippen LogP contribution is 2.39. The van der Waals surface area contributed by atoms with E-state index in [2.05, 4.69) is 51.2 Å². The predicted octanol–water partition coefficient (Wildman–Crippen LogP) is 3.03. The summed E-state index contributed by atoms with van der Waals surface area (Å²) in [5, 5.41) is 3.44. The molecule has 2 rings (SSSR count). The van der Waals surface area contributed by atoms with Gasteiger partial charge in [0.15, 0.2) is 0 Å². The summed E-state index contributed by atoms with van der Waals surface area (Å²) in [6.45, 7) is 10.6. The normalized spacial score (nSPS) is 19.0. The van der Waals surface area contributed by atoms with Crippen molar-refractivity contribution in [1.82, 2.24) is 5.32 Å². The number of fused-ring (bicyclic) bond motifs is 1. The minimum atomic E-state index is 0.150. The van der Waals surface area contributed by atoms with Crippen LogP contribution in [0, 0.1) is 0 Å². The van der Waals surface area contributed by atoms with Crippen LogP contribution >= 0.6 is 0 Å². The molecule has 88 valence electrons. The van der Waals surface area contributed by atoms with Crippen LogP contribution in [0.4, 0.5) is 0 Å². The Kier molecular flexibility index (Phi) is 2.94. The molecule has 1 heterocycles. The van der Waals surface area contributed by atoms with Gasteiger partial charge in [-0.2, -0.15) is 0 Å². The molecule has 1 aliphatic heterocycles. The van der Waals surface area contributed by atoms with Crippen LogP contribution < -0.4 is 10.1 Å². The largest absolute Gasteiger partial charge is 0.492 e. The molecule has 1 N–H and O–H groups in total. The quantitative estimate of drug-likeness (QED) is 0.843. The number of hydrogen-bond acceptors (Lipinski definition) is 2. The molecule has 0 aromatic heterocycles. The highest BCUT2D eigenvalue weighted by Gasteiger charge is 2.31. The summed E-state index contributed by atoms with van der Waals surface area (Å²) < 4.78 is 5.69. The zero-order valence-corrected chi connectivity index (χ0v) is 10.6. The Hall–Kier alpha value is -1.02. The van der Waals surface area contributed by atoms with Crippen molar-refractivity contribution in [3.63, 3.8) is 0 Å². The molecule has 0 radical (unpaired) electrons. The maximum Gasteiger partial charge on any atom is 0.123 e. The third-order valence-corrected chi connectivity index (χ3v) is 3.33. The molecular formula is C14H21NO. The van der Waals surface area contributed by atoms with Crippen molar-refractivity contribution in [3.05, 3.63) is 29.3 Å². The van der Waals surface area contributed by atoms with Gasteiger partial charge in [-0.15, -0.1) is 0 Å². The first kappa shape index (κ1) is 11.5. The van der Waals surface area contributed by atoms with Crippen molar-refractivity contribution in [2.75, 3.05) is 13.2 Å². The van der Waals surface area contributed by atoms with Gasteiger partial charge in [-0.05, 0) is 31.2 Å². The molecule has 0 aliphatic carbocycles. The molecule has 1 aromatic rings. The van der Waals surface area contributed by atoms with Gasteiger partial charge in [-0.3, -0.25) is 0 Å². The SMILES string of the molecule is CCNC(C)c1ccc2c(c1)C(C)(C)CO2. The molecule has 1 atom stereocenters. The van der Waals surface area contributed by atoms with Crippen LogP contribution in [0.2, 0.25) is 0 Å². The highest BCUT2D eigenvalue weighted by molar-refractivity contribution is 5.45. The fourth-order valence-electron chi connectivity index (χ4n) is 2.23. The monoisotopic (exact) mass is 219 g/mol. The highest BCUT2D eigenvalue weighted by atomic mass is 16.5. The lowest BCUT2D eigenvalue weighted by Crippen LogP contribution is -2.20. The van der Waals surface area contributed by atoms with E-state index < -0.39 is 0 Å². The van der Waals surface area contributed by atoms with Gasteiger partial charge in [-0.1, -0.05) is 26.8 Å². The van der Waals surface area contributed by atoms with E-state index in [1.165, 1.54) is 11.1 Å². The second kappa shape index (κ2) is 4.10. The van der Waals surface area contributed by atoms with E-state index in [1.807, 2.05) is 0 Å². The van der Waals surface area contributed by atoms with Crippen LogP contribution in [0.5, 0.6) is 5.75 Å². The first-order valence-corrected chi connectivity index (χ1v) is 6.05. The molecule has 0 amide bonds. The molecule has 1 aliphatic rings. The van der Waals surface area contributed by atoms with Gasteiger partial charge in [0.2, 0.25) is 0 Å². The van der Waals surface area contributed by atoms with E-state index in [0.717, 1.165) is 18.9 Å². The molecule has 2 heteroatoms. The summed E-state index contributed by atoms with van der Waals surface area (Å²) in [5.41, 5.74) is 2.84. The van der Waals surface area contributed by atoms with Crippen LogP contribution in [-0.4, -0.2) is 13.2 Å². The minimum absolute atomic E-state index is 0.150. The number of ether oxygens (including phenoxy) is 1. The summed E-state index contributed by atoms with van der Waals surface area (Å²) in [4.78, 5) is 0. The molecule has 0 saturated carbocycles. The van der Waals surface area contributed by atoms with Crippen molar-refractivity contribution < 1.29 is 4.74 Å². The second-order valence-corrected chi connectivity index (χ2v) is 5.21.